The van der Waals surface area contributed by atoms with Gasteiger partial charge in [-0.2, -0.15) is 13.2 Å². The molecule has 0 radical (unpaired) electrons. The van der Waals surface area contributed by atoms with Gasteiger partial charge in [0.1, 0.15) is 0 Å². The molecule has 1 saturated heterocycles. The predicted molar refractivity (Wildman–Crippen MR) is 43.9 cm³/mol. The molecule has 0 aliphatic carbocycles. The highest BCUT2D eigenvalue weighted by atomic mass is 19.4. The van der Waals surface area contributed by atoms with Gasteiger partial charge in [0.25, 0.3) is 0 Å². The van der Waals surface area contributed by atoms with Crippen molar-refractivity contribution in [2.45, 2.75) is 30.7 Å². The summed E-state index contributed by atoms with van der Waals surface area (Å²) in [5, 5.41) is 11.8. The van der Waals surface area contributed by atoms with Crippen LogP contribution in [0.1, 0.15) is 12.8 Å². The van der Waals surface area contributed by atoms with Gasteiger partial charge in [0.2, 0.25) is 0 Å². The first-order chi connectivity index (χ1) is 6.43. The average molecular weight is 213 g/mol. The quantitative estimate of drug-likeness (QED) is 0.708. The molecule has 3 nitrogen and oxygen atoms in total. The lowest BCUT2D eigenvalue weighted by Crippen LogP contribution is -2.55. The van der Waals surface area contributed by atoms with Crippen LogP contribution in [0.2, 0.25) is 0 Å². The van der Waals surface area contributed by atoms with Crippen molar-refractivity contribution in [1.29, 1.82) is 0 Å². The molecular weight excluding hydrogens is 199 g/mol. The summed E-state index contributed by atoms with van der Waals surface area (Å²) in [6.45, 7) is -0.287. The third-order valence-electron chi connectivity index (χ3n) is 2.67. The van der Waals surface area contributed by atoms with E-state index >= 15 is 0 Å². The predicted octanol–water partition coefficient (Wildman–Crippen LogP) is 0.678. The summed E-state index contributed by atoms with van der Waals surface area (Å²) in [6.07, 6.45) is -5.95. The largest absolute Gasteiger partial charge is 0.414 e. The minimum absolute atomic E-state index is 0.0194. The van der Waals surface area contributed by atoms with Crippen molar-refractivity contribution < 1.29 is 23.0 Å². The molecule has 2 N–H and O–H groups in total. The molecular formula is C8H14F3NO2. The van der Waals surface area contributed by atoms with Crippen LogP contribution in [-0.2, 0) is 4.74 Å². The van der Waals surface area contributed by atoms with E-state index in [1.807, 2.05) is 0 Å². The zero-order chi connectivity index (χ0) is 10.8. The number of likely N-dealkylation sites (N-methyl/N-ethyl adjacent to an activating group) is 1. The van der Waals surface area contributed by atoms with E-state index in [9.17, 15) is 13.2 Å². The number of hydrogen-bond donors (Lipinski definition) is 2. The molecule has 0 spiro atoms. The Kier molecular flexibility index (Phi) is 3.39. The molecule has 14 heavy (non-hydrogen) atoms. The van der Waals surface area contributed by atoms with Crippen molar-refractivity contribution in [1.82, 2.24) is 5.32 Å². The fourth-order valence-corrected chi connectivity index (χ4v) is 1.57. The minimum atomic E-state index is -4.35. The van der Waals surface area contributed by atoms with Crippen LogP contribution in [0.5, 0.6) is 0 Å². The maximum atomic E-state index is 12.3. The monoisotopic (exact) mass is 213 g/mol. The number of ether oxygens (including phenoxy) is 1. The highest BCUT2D eigenvalue weighted by Crippen LogP contribution is 2.34. The molecule has 84 valence electrons. The summed E-state index contributed by atoms with van der Waals surface area (Å²) in [5.41, 5.74) is -0.849. The van der Waals surface area contributed by atoms with Crippen LogP contribution in [0.25, 0.3) is 0 Å². The Morgan fingerprint density at radius 3 is 2.64 bits per heavy atom. The van der Waals surface area contributed by atoms with Gasteiger partial charge in [-0.1, -0.05) is 0 Å². The van der Waals surface area contributed by atoms with Crippen LogP contribution in [0, 0.1) is 0 Å². The Balaban J connectivity index is 2.68. The van der Waals surface area contributed by atoms with Gasteiger partial charge in [0, 0.05) is 18.6 Å². The third kappa shape index (κ3) is 2.37. The second-order valence-corrected chi connectivity index (χ2v) is 3.54. The molecule has 0 aromatic carbocycles. The summed E-state index contributed by atoms with van der Waals surface area (Å²) in [5.74, 6) is 0. The topological polar surface area (TPSA) is 41.5 Å². The van der Waals surface area contributed by atoms with Crippen molar-refractivity contribution in [2.24, 2.45) is 0 Å². The van der Waals surface area contributed by atoms with Crippen molar-refractivity contribution in [3.63, 3.8) is 0 Å². The Hall–Kier alpha value is -0.330. The highest BCUT2D eigenvalue weighted by Gasteiger charge is 2.48. The molecule has 1 aliphatic rings. The molecule has 0 aromatic heterocycles. The number of nitrogens with one attached hydrogen (secondary N) is 1. The van der Waals surface area contributed by atoms with Gasteiger partial charge in [0.15, 0.2) is 6.10 Å². The highest BCUT2D eigenvalue weighted by molar-refractivity contribution is 4.93. The van der Waals surface area contributed by atoms with Crippen LogP contribution in [-0.4, -0.2) is 43.2 Å². The molecule has 1 aliphatic heterocycles. The fraction of sp³-hybridized carbons (Fsp3) is 1.00. The Labute approximate surface area is 80.2 Å². The van der Waals surface area contributed by atoms with E-state index < -0.39 is 17.8 Å². The summed E-state index contributed by atoms with van der Waals surface area (Å²) in [4.78, 5) is 0. The zero-order valence-electron chi connectivity index (χ0n) is 7.90. The molecule has 1 heterocycles. The van der Waals surface area contributed by atoms with E-state index in [1.165, 1.54) is 0 Å². The van der Waals surface area contributed by atoms with Crippen molar-refractivity contribution in [2.75, 3.05) is 20.3 Å². The van der Waals surface area contributed by atoms with E-state index in [2.05, 4.69) is 10.1 Å². The summed E-state index contributed by atoms with van der Waals surface area (Å²) >= 11 is 0. The third-order valence-corrected chi connectivity index (χ3v) is 2.67. The van der Waals surface area contributed by atoms with E-state index in [1.54, 1.807) is 7.05 Å². The lowest BCUT2D eigenvalue weighted by Gasteiger charge is -2.39. The smallest absolute Gasteiger partial charge is 0.394 e. The first-order valence-electron chi connectivity index (χ1n) is 4.42. The summed E-state index contributed by atoms with van der Waals surface area (Å²) < 4.78 is 41.6. The molecule has 6 heteroatoms. The minimum Gasteiger partial charge on any atom is -0.394 e. The van der Waals surface area contributed by atoms with Gasteiger partial charge < -0.3 is 15.2 Å². The molecule has 1 fully saturated rings. The number of halogens is 3. The molecule has 0 aromatic rings. The van der Waals surface area contributed by atoms with Crippen LogP contribution >= 0.6 is 0 Å². The molecule has 0 saturated carbocycles. The molecule has 0 bridgehead atoms. The zero-order valence-corrected chi connectivity index (χ0v) is 7.90. The maximum absolute atomic E-state index is 12.3. The van der Waals surface area contributed by atoms with Gasteiger partial charge in [-0.05, 0) is 13.5 Å². The number of rotatable bonds is 2. The Bertz CT molecular complexity index is 192. The van der Waals surface area contributed by atoms with Crippen molar-refractivity contribution >= 4 is 0 Å². The van der Waals surface area contributed by atoms with Crippen molar-refractivity contribution in [3.05, 3.63) is 0 Å². The number of alkyl halides is 3. The van der Waals surface area contributed by atoms with Gasteiger partial charge >= 0.3 is 6.18 Å². The van der Waals surface area contributed by atoms with Crippen LogP contribution in [0.3, 0.4) is 0 Å². The molecule has 2 atom stereocenters. The first kappa shape index (κ1) is 11.7. The fourth-order valence-electron chi connectivity index (χ4n) is 1.57. The molecule has 1 rings (SSSR count). The number of hydrogen-bond acceptors (Lipinski definition) is 3. The Morgan fingerprint density at radius 1 is 1.57 bits per heavy atom. The first-order valence-corrected chi connectivity index (χ1v) is 4.42. The van der Waals surface area contributed by atoms with E-state index in [0.717, 1.165) is 0 Å². The second-order valence-electron chi connectivity index (χ2n) is 3.54. The lowest BCUT2D eigenvalue weighted by atomic mass is 9.87. The van der Waals surface area contributed by atoms with Gasteiger partial charge in [0.05, 0.1) is 6.61 Å². The Morgan fingerprint density at radius 2 is 2.21 bits per heavy atom. The van der Waals surface area contributed by atoms with Crippen LogP contribution in [0.4, 0.5) is 13.2 Å². The van der Waals surface area contributed by atoms with E-state index in [-0.39, 0.29) is 19.6 Å². The normalized spacial score (nSPS) is 34.5. The summed E-state index contributed by atoms with van der Waals surface area (Å²) in [7, 11) is 1.55. The van der Waals surface area contributed by atoms with E-state index in [4.69, 9.17) is 5.11 Å². The molecule has 0 amide bonds. The lowest BCUT2D eigenvalue weighted by molar-refractivity contribution is -0.240. The molecule has 2 unspecified atom stereocenters. The number of aliphatic hydroxyl groups excluding tert-OH is 1. The van der Waals surface area contributed by atoms with Gasteiger partial charge in [-0.15, -0.1) is 0 Å². The van der Waals surface area contributed by atoms with E-state index in [0.29, 0.717) is 6.42 Å². The SMILES string of the molecule is CNC1(CO)CCOC(C(F)(F)F)C1. The number of aliphatic hydroxyl groups is 1. The van der Waals surface area contributed by atoms with Crippen LogP contribution < -0.4 is 5.32 Å². The van der Waals surface area contributed by atoms with Crippen molar-refractivity contribution in [3.8, 4) is 0 Å². The maximum Gasteiger partial charge on any atom is 0.414 e. The standard InChI is InChI=1S/C8H14F3NO2/c1-12-7(5-13)2-3-14-6(4-7)8(9,10)11/h6,12-13H,2-5H2,1H3. The van der Waals surface area contributed by atoms with Gasteiger partial charge in [-0.25, -0.2) is 0 Å². The second kappa shape index (κ2) is 4.04. The van der Waals surface area contributed by atoms with Crippen LogP contribution in [0.15, 0.2) is 0 Å². The average Bonchev–Trinajstić information content (AvgIpc) is 2.16. The van der Waals surface area contributed by atoms with Gasteiger partial charge in [-0.3, -0.25) is 0 Å². The summed E-state index contributed by atoms with van der Waals surface area (Å²) in [6, 6.07) is 0.